The molecule has 0 heterocycles. The fourth-order valence-electron chi connectivity index (χ4n) is 2.13. The molecule has 144 valence electrons. The van der Waals surface area contributed by atoms with Gasteiger partial charge in [-0.1, -0.05) is 0 Å². The van der Waals surface area contributed by atoms with E-state index < -0.39 is 32.0 Å². The largest absolute Gasteiger partial charge is 0.269 e. The van der Waals surface area contributed by atoms with Crippen LogP contribution >= 0.6 is 11.8 Å². The Labute approximate surface area is 160 Å². The average molecular weight is 402 g/mol. The Hall–Kier alpha value is -1.50. The maximum Gasteiger partial charge on any atom is 0.269 e. The quantitative estimate of drug-likeness (QED) is 0.524. The van der Waals surface area contributed by atoms with Gasteiger partial charge in [0, 0.05) is 17.7 Å². The molecule has 1 N–H and O–H groups in total. The van der Waals surface area contributed by atoms with Crippen LogP contribution in [0.25, 0.3) is 0 Å². The monoisotopic (exact) mass is 401 g/mol. The topological polar surface area (TPSA) is 96.0 Å². The molecule has 1 aromatic carbocycles. The summed E-state index contributed by atoms with van der Waals surface area (Å²) in [6.07, 6.45) is 0.351. The number of benzene rings is 1. The second kappa shape index (κ2) is 8.93. The molecule has 0 saturated carbocycles. The molecule has 0 spiro atoms. The van der Waals surface area contributed by atoms with Crippen molar-refractivity contribution in [1.82, 2.24) is 4.72 Å². The molecule has 1 rings (SSSR count). The lowest BCUT2D eigenvalue weighted by atomic mass is 9.89. The van der Waals surface area contributed by atoms with Gasteiger partial charge in [0.1, 0.15) is 5.82 Å². The average Bonchev–Trinajstić information content (AvgIpc) is 2.53. The number of thioether (sulfide) groups is 1. The van der Waals surface area contributed by atoms with Crippen LogP contribution in [-0.2, 0) is 16.5 Å². The number of hydrogen-bond donors (Lipinski definition) is 1. The summed E-state index contributed by atoms with van der Waals surface area (Å²) in [5, 5.41) is 19.7. The van der Waals surface area contributed by atoms with E-state index in [4.69, 9.17) is 5.26 Å². The molecule has 6 nitrogen and oxygen atoms in total. The highest BCUT2D eigenvalue weighted by Gasteiger charge is 2.35. The highest BCUT2D eigenvalue weighted by atomic mass is 32.2. The smallest absolute Gasteiger partial charge is 0.258 e. The Kier molecular flexibility index (Phi) is 7.74. The molecule has 26 heavy (non-hydrogen) atoms. The van der Waals surface area contributed by atoms with E-state index in [9.17, 15) is 18.7 Å². The molecule has 0 aliphatic heterocycles. The van der Waals surface area contributed by atoms with Gasteiger partial charge in [0.05, 0.1) is 37.5 Å². The first-order valence-electron chi connectivity index (χ1n) is 8.06. The normalized spacial score (nSPS) is 16.3. The number of halogens is 1. The first-order valence-corrected chi connectivity index (χ1v) is 10.3. The highest BCUT2D eigenvalue weighted by Crippen LogP contribution is 2.33. The third-order valence-corrected chi connectivity index (χ3v) is 6.57. The molecule has 0 fully saturated rings. The number of nitro benzene ring substituents is 1. The van der Waals surface area contributed by atoms with Gasteiger partial charge in [-0.3, -0.25) is 10.1 Å². The SMILES string of the molecule is CC(C#N)SCC[C@](C)(N[S@](=O)C(C)(C)C)c1cc([N+](=O)[O-])ccc1F. The zero-order chi connectivity index (χ0) is 20.1. The van der Waals surface area contributed by atoms with Crippen molar-refractivity contribution >= 4 is 28.4 Å². The molecule has 0 amide bonds. The van der Waals surface area contributed by atoms with Crippen LogP contribution in [0.15, 0.2) is 18.2 Å². The van der Waals surface area contributed by atoms with E-state index in [1.54, 1.807) is 34.6 Å². The molecule has 0 aliphatic carbocycles. The second-order valence-corrected chi connectivity index (χ2v) is 10.5. The van der Waals surface area contributed by atoms with E-state index in [-0.39, 0.29) is 16.5 Å². The van der Waals surface area contributed by atoms with E-state index >= 15 is 0 Å². The Morgan fingerprint density at radius 3 is 2.54 bits per heavy atom. The number of nitro groups is 1. The van der Waals surface area contributed by atoms with Gasteiger partial charge >= 0.3 is 0 Å². The van der Waals surface area contributed by atoms with Crippen LogP contribution in [0.2, 0.25) is 0 Å². The second-order valence-electron chi connectivity index (χ2n) is 7.13. The lowest BCUT2D eigenvalue weighted by Gasteiger charge is -2.34. The molecule has 1 unspecified atom stereocenters. The summed E-state index contributed by atoms with van der Waals surface area (Å²) in [5.74, 6) is -0.100. The number of rotatable bonds is 8. The minimum absolute atomic E-state index is 0.0921. The number of nitriles is 1. The van der Waals surface area contributed by atoms with Crippen LogP contribution in [-0.4, -0.2) is 24.9 Å². The minimum Gasteiger partial charge on any atom is -0.258 e. The number of non-ortho nitro benzene ring substituents is 1. The Morgan fingerprint density at radius 1 is 1.42 bits per heavy atom. The van der Waals surface area contributed by atoms with Gasteiger partial charge < -0.3 is 0 Å². The van der Waals surface area contributed by atoms with Crippen LogP contribution in [0.1, 0.15) is 46.6 Å². The summed E-state index contributed by atoms with van der Waals surface area (Å²) in [6.45, 7) is 8.79. The van der Waals surface area contributed by atoms with Gasteiger partial charge in [-0.15, -0.1) is 11.8 Å². The molecule has 0 aliphatic rings. The molecule has 0 saturated heterocycles. The molecule has 0 aromatic heterocycles. The van der Waals surface area contributed by atoms with Gasteiger partial charge in [0.15, 0.2) is 0 Å². The Bertz CT molecular complexity index is 731. The molecule has 0 bridgehead atoms. The van der Waals surface area contributed by atoms with E-state index in [0.717, 1.165) is 12.1 Å². The predicted molar refractivity (Wildman–Crippen MR) is 104 cm³/mol. The number of hydrogen-bond acceptors (Lipinski definition) is 5. The molecular weight excluding hydrogens is 377 g/mol. The summed E-state index contributed by atoms with van der Waals surface area (Å²) >= 11 is 1.39. The summed E-state index contributed by atoms with van der Waals surface area (Å²) in [6, 6.07) is 5.45. The maximum atomic E-state index is 14.5. The third-order valence-electron chi connectivity index (χ3n) is 3.78. The standard InChI is InChI=1S/C17H24FN3O3S2/c1-12(11-19)25-9-8-17(5,20-26(24)16(2,3)4)14-10-13(21(22)23)6-7-15(14)18/h6-7,10,12,20H,8-9H2,1-5H3/t12?,17-,26+/m0/s1. The van der Waals surface area contributed by atoms with Gasteiger partial charge in [0.25, 0.3) is 5.69 Å². The van der Waals surface area contributed by atoms with Crippen LogP contribution in [0.5, 0.6) is 0 Å². The van der Waals surface area contributed by atoms with Crippen molar-refractivity contribution in [3.8, 4) is 6.07 Å². The van der Waals surface area contributed by atoms with Crippen molar-refractivity contribution in [2.75, 3.05) is 5.75 Å². The van der Waals surface area contributed by atoms with Crippen LogP contribution < -0.4 is 4.72 Å². The molecular formula is C17H24FN3O3S2. The summed E-state index contributed by atoms with van der Waals surface area (Å²) in [4.78, 5) is 10.5. The van der Waals surface area contributed by atoms with Gasteiger partial charge in [-0.05, 0) is 52.9 Å². The van der Waals surface area contributed by atoms with Crippen molar-refractivity contribution in [3.63, 3.8) is 0 Å². The summed E-state index contributed by atoms with van der Waals surface area (Å²) in [7, 11) is -1.51. The van der Waals surface area contributed by atoms with Crippen molar-refractivity contribution in [2.24, 2.45) is 0 Å². The maximum absolute atomic E-state index is 14.5. The number of nitrogens with zero attached hydrogens (tertiary/aromatic N) is 2. The fraction of sp³-hybridized carbons (Fsp3) is 0.588. The van der Waals surface area contributed by atoms with Crippen LogP contribution in [0, 0.1) is 27.3 Å². The van der Waals surface area contributed by atoms with E-state index in [1.165, 1.54) is 17.8 Å². The van der Waals surface area contributed by atoms with Crippen LogP contribution in [0.3, 0.4) is 0 Å². The van der Waals surface area contributed by atoms with Gasteiger partial charge in [-0.25, -0.2) is 13.3 Å². The zero-order valence-electron chi connectivity index (χ0n) is 15.5. The fourth-order valence-corrected chi connectivity index (χ4v) is 4.01. The molecule has 1 aromatic rings. The lowest BCUT2D eigenvalue weighted by molar-refractivity contribution is -0.385. The van der Waals surface area contributed by atoms with Crippen molar-refractivity contribution in [2.45, 2.75) is 56.6 Å². The zero-order valence-corrected chi connectivity index (χ0v) is 17.2. The van der Waals surface area contributed by atoms with Crippen molar-refractivity contribution in [1.29, 1.82) is 5.26 Å². The Morgan fingerprint density at radius 2 is 2.04 bits per heavy atom. The number of nitrogens with one attached hydrogen (secondary N) is 1. The van der Waals surface area contributed by atoms with Gasteiger partial charge in [0.2, 0.25) is 0 Å². The van der Waals surface area contributed by atoms with E-state index in [0.29, 0.717) is 12.2 Å². The summed E-state index contributed by atoms with van der Waals surface area (Å²) < 4.78 is 29.5. The Balaban J connectivity index is 3.27. The van der Waals surface area contributed by atoms with Crippen molar-refractivity contribution < 1.29 is 13.5 Å². The molecule has 9 heteroatoms. The third kappa shape index (κ3) is 6.04. The predicted octanol–water partition coefficient (Wildman–Crippen LogP) is 4.04. The molecule has 3 atom stereocenters. The lowest BCUT2D eigenvalue weighted by Crippen LogP contribution is -2.47. The van der Waals surface area contributed by atoms with E-state index in [2.05, 4.69) is 10.8 Å². The first kappa shape index (κ1) is 22.5. The van der Waals surface area contributed by atoms with E-state index in [1.807, 2.05) is 0 Å². The molecule has 0 radical (unpaired) electrons. The van der Waals surface area contributed by atoms with Gasteiger partial charge in [-0.2, -0.15) is 5.26 Å². The first-order chi connectivity index (χ1) is 11.9. The highest BCUT2D eigenvalue weighted by molar-refractivity contribution is 8.00. The van der Waals surface area contributed by atoms with Crippen LogP contribution in [0.4, 0.5) is 10.1 Å². The minimum atomic E-state index is -1.51. The van der Waals surface area contributed by atoms with Crippen molar-refractivity contribution in [3.05, 3.63) is 39.7 Å². The summed E-state index contributed by atoms with van der Waals surface area (Å²) in [5.41, 5.74) is -1.22.